The lowest BCUT2D eigenvalue weighted by atomic mass is 9.85. The van der Waals surface area contributed by atoms with Crippen LogP contribution in [-0.4, -0.2) is 23.3 Å². The Kier molecular flexibility index (Phi) is 3.66. The van der Waals surface area contributed by atoms with Crippen molar-refractivity contribution in [3.63, 3.8) is 0 Å². The van der Waals surface area contributed by atoms with Crippen molar-refractivity contribution in [1.82, 2.24) is 4.98 Å². The average molecular weight is 277 g/mol. The third-order valence-electron chi connectivity index (χ3n) is 2.92. The number of nitrogens with zero attached hydrogens (tertiary/aromatic N) is 1. The molecule has 0 aliphatic carbocycles. The summed E-state index contributed by atoms with van der Waals surface area (Å²) in [4.78, 5) is 28.5. The summed E-state index contributed by atoms with van der Waals surface area (Å²) in [5.41, 5.74) is 0.103. The third kappa shape index (κ3) is 2.51. The molecule has 0 aliphatic heterocycles. The Bertz CT molecular complexity index is 630. The van der Waals surface area contributed by atoms with Crippen molar-refractivity contribution in [2.75, 3.05) is 6.61 Å². The Labute approximate surface area is 115 Å². The van der Waals surface area contributed by atoms with Crippen LogP contribution in [0.15, 0.2) is 23.7 Å². The highest BCUT2D eigenvalue weighted by Crippen LogP contribution is 2.26. The molecule has 0 aromatic carbocycles. The van der Waals surface area contributed by atoms with Gasteiger partial charge in [0.2, 0.25) is 0 Å². The molecule has 19 heavy (non-hydrogen) atoms. The van der Waals surface area contributed by atoms with Crippen molar-refractivity contribution < 1.29 is 14.3 Å². The zero-order chi connectivity index (χ0) is 14.0. The van der Waals surface area contributed by atoms with E-state index in [9.17, 15) is 9.59 Å². The fourth-order valence-corrected chi connectivity index (χ4v) is 2.52. The molecule has 2 aromatic rings. The van der Waals surface area contributed by atoms with Crippen molar-refractivity contribution in [1.29, 1.82) is 0 Å². The van der Waals surface area contributed by atoms with Crippen LogP contribution in [-0.2, 0) is 9.53 Å². The summed E-state index contributed by atoms with van der Waals surface area (Å²) >= 11 is 1.52. The highest BCUT2D eigenvalue weighted by atomic mass is 32.1. The molecule has 0 atom stereocenters. The second-order valence-electron chi connectivity index (χ2n) is 4.70. The number of thiophene rings is 1. The van der Waals surface area contributed by atoms with E-state index < -0.39 is 11.4 Å². The molecule has 0 saturated carbocycles. The number of fused-ring (bicyclic) bond motifs is 1. The number of pyridine rings is 1. The molecule has 4 nitrogen and oxygen atoms in total. The second-order valence-corrected chi connectivity index (χ2v) is 5.65. The molecule has 0 radical (unpaired) electrons. The van der Waals surface area contributed by atoms with Gasteiger partial charge in [-0.15, -0.1) is 11.3 Å². The van der Waals surface area contributed by atoms with Crippen molar-refractivity contribution in [2.24, 2.45) is 5.41 Å². The Balaban J connectivity index is 2.34. The van der Waals surface area contributed by atoms with Crippen LogP contribution < -0.4 is 0 Å². The molecule has 0 amide bonds. The number of rotatable bonds is 4. The number of ketones is 1. The van der Waals surface area contributed by atoms with Crippen molar-refractivity contribution in [3.8, 4) is 0 Å². The molecular weight excluding hydrogens is 262 g/mol. The van der Waals surface area contributed by atoms with E-state index in [0.29, 0.717) is 5.56 Å². The number of Topliss-reactive ketones (excluding diaryl/α,β-unsaturated/α-hetero) is 1. The van der Waals surface area contributed by atoms with Crippen LogP contribution >= 0.6 is 11.3 Å². The number of aromatic nitrogens is 1. The van der Waals surface area contributed by atoms with Gasteiger partial charge in [0.25, 0.3) is 0 Å². The normalized spacial score (nSPS) is 11.5. The molecule has 2 heterocycles. The Morgan fingerprint density at radius 2 is 2.16 bits per heavy atom. The Morgan fingerprint density at radius 3 is 2.84 bits per heavy atom. The quantitative estimate of drug-likeness (QED) is 0.489. The molecule has 0 bridgehead atoms. The van der Waals surface area contributed by atoms with Gasteiger partial charge in [-0.3, -0.25) is 14.6 Å². The third-order valence-corrected chi connectivity index (χ3v) is 3.77. The first-order chi connectivity index (χ1) is 8.96. The zero-order valence-electron chi connectivity index (χ0n) is 11.1. The van der Waals surface area contributed by atoms with Crippen LogP contribution in [0.1, 0.15) is 31.1 Å². The summed E-state index contributed by atoms with van der Waals surface area (Å²) in [6.45, 7) is 5.13. The van der Waals surface area contributed by atoms with Gasteiger partial charge in [0.15, 0.2) is 5.78 Å². The van der Waals surface area contributed by atoms with Gasteiger partial charge < -0.3 is 4.74 Å². The van der Waals surface area contributed by atoms with Crippen LogP contribution in [0.2, 0.25) is 0 Å². The molecular formula is C14H15NO3S. The van der Waals surface area contributed by atoms with E-state index in [1.54, 1.807) is 26.8 Å². The predicted octanol–water partition coefficient (Wildman–Crippen LogP) is 3.07. The molecule has 2 aromatic heterocycles. The van der Waals surface area contributed by atoms with Crippen LogP contribution in [0.4, 0.5) is 0 Å². The van der Waals surface area contributed by atoms with Gasteiger partial charge in [0.05, 0.1) is 16.8 Å². The predicted molar refractivity (Wildman–Crippen MR) is 74.4 cm³/mol. The number of carbonyl (C=O) groups excluding carboxylic acids is 2. The van der Waals surface area contributed by atoms with E-state index in [4.69, 9.17) is 4.74 Å². The van der Waals surface area contributed by atoms with Crippen molar-refractivity contribution >= 4 is 33.3 Å². The van der Waals surface area contributed by atoms with Crippen molar-refractivity contribution in [3.05, 3.63) is 29.3 Å². The van der Waals surface area contributed by atoms with Gasteiger partial charge in [0, 0.05) is 11.8 Å². The summed E-state index contributed by atoms with van der Waals surface area (Å²) in [5.74, 6) is -0.778. The SMILES string of the molecule is CCOC(=O)C(C)(C)C(=O)c1cnc2ccsc2c1. The largest absolute Gasteiger partial charge is 0.465 e. The highest BCUT2D eigenvalue weighted by molar-refractivity contribution is 7.17. The minimum absolute atomic E-state index is 0.262. The lowest BCUT2D eigenvalue weighted by Gasteiger charge is -2.20. The van der Waals surface area contributed by atoms with Crippen LogP contribution in [0.5, 0.6) is 0 Å². The van der Waals surface area contributed by atoms with Gasteiger partial charge in [-0.25, -0.2) is 0 Å². The number of hydrogen-bond donors (Lipinski definition) is 0. The van der Waals surface area contributed by atoms with E-state index in [1.807, 2.05) is 11.4 Å². The standard InChI is InChI=1S/C14H15NO3S/c1-4-18-13(17)14(2,3)12(16)9-7-11-10(15-8-9)5-6-19-11/h5-8H,4H2,1-3H3. The topological polar surface area (TPSA) is 56.3 Å². The van der Waals surface area contributed by atoms with Crippen molar-refractivity contribution in [2.45, 2.75) is 20.8 Å². The molecule has 0 aliphatic rings. The Morgan fingerprint density at radius 1 is 1.42 bits per heavy atom. The monoisotopic (exact) mass is 277 g/mol. The molecule has 0 unspecified atom stereocenters. The molecule has 5 heteroatoms. The van der Waals surface area contributed by atoms with E-state index in [2.05, 4.69) is 4.98 Å². The summed E-state index contributed by atoms with van der Waals surface area (Å²) in [6.07, 6.45) is 1.51. The van der Waals surface area contributed by atoms with E-state index >= 15 is 0 Å². The van der Waals surface area contributed by atoms with E-state index in [0.717, 1.165) is 10.2 Å². The summed E-state index contributed by atoms with van der Waals surface area (Å²) < 4.78 is 5.88. The summed E-state index contributed by atoms with van der Waals surface area (Å²) in [6, 6.07) is 3.67. The van der Waals surface area contributed by atoms with E-state index in [1.165, 1.54) is 17.5 Å². The van der Waals surface area contributed by atoms with Gasteiger partial charge in [-0.2, -0.15) is 0 Å². The van der Waals surface area contributed by atoms with Crippen LogP contribution in [0.25, 0.3) is 10.2 Å². The molecule has 0 N–H and O–H groups in total. The zero-order valence-corrected chi connectivity index (χ0v) is 11.9. The van der Waals surface area contributed by atoms with Gasteiger partial charge >= 0.3 is 5.97 Å². The minimum atomic E-state index is -1.19. The first-order valence-electron chi connectivity index (χ1n) is 6.02. The molecule has 0 fully saturated rings. The smallest absolute Gasteiger partial charge is 0.319 e. The Hall–Kier alpha value is -1.75. The van der Waals surface area contributed by atoms with E-state index in [-0.39, 0.29) is 12.4 Å². The van der Waals surface area contributed by atoms with Gasteiger partial charge in [0.1, 0.15) is 5.41 Å². The van der Waals surface area contributed by atoms with Gasteiger partial charge in [-0.05, 0) is 38.3 Å². The second kappa shape index (κ2) is 5.09. The fourth-order valence-electron chi connectivity index (χ4n) is 1.74. The molecule has 0 saturated heterocycles. The molecule has 100 valence electrons. The fraction of sp³-hybridized carbons (Fsp3) is 0.357. The molecule has 2 rings (SSSR count). The first-order valence-corrected chi connectivity index (χ1v) is 6.90. The minimum Gasteiger partial charge on any atom is -0.465 e. The first kappa shape index (κ1) is 13.7. The van der Waals surface area contributed by atoms with Crippen LogP contribution in [0.3, 0.4) is 0 Å². The number of esters is 1. The number of hydrogen-bond acceptors (Lipinski definition) is 5. The average Bonchev–Trinajstić information content (AvgIpc) is 2.85. The highest BCUT2D eigenvalue weighted by Gasteiger charge is 2.38. The summed E-state index contributed by atoms with van der Waals surface area (Å²) in [5, 5.41) is 1.92. The molecule has 0 spiro atoms. The summed E-state index contributed by atoms with van der Waals surface area (Å²) in [7, 11) is 0. The maximum atomic E-state index is 12.4. The maximum Gasteiger partial charge on any atom is 0.319 e. The lowest BCUT2D eigenvalue weighted by molar-refractivity contribution is -0.150. The number of carbonyl (C=O) groups is 2. The van der Waals surface area contributed by atoms with Crippen LogP contribution in [0, 0.1) is 5.41 Å². The maximum absolute atomic E-state index is 12.4. The number of ether oxygens (including phenoxy) is 1. The lowest BCUT2D eigenvalue weighted by Crippen LogP contribution is -2.35. The van der Waals surface area contributed by atoms with Gasteiger partial charge in [-0.1, -0.05) is 0 Å².